The lowest BCUT2D eigenvalue weighted by molar-refractivity contribution is -0.138. The van der Waals surface area contributed by atoms with E-state index in [0.29, 0.717) is 25.4 Å². The monoisotopic (exact) mass is 252 g/mol. The van der Waals surface area contributed by atoms with E-state index in [9.17, 15) is 4.79 Å². The third-order valence-corrected chi connectivity index (χ3v) is 3.36. The molecular formula is C14H20O4. The summed E-state index contributed by atoms with van der Waals surface area (Å²) in [6.07, 6.45) is 8.40. The highest BCUT2D eigenvalue weighted by Crippen LogP contribution is 2.39. The smallest absolute Gasteiger partial charge is 0.330 e. The molecule has 4 unspecified atom stereocenters. The molecule has 0 aromatic heterocycles. The highest BCUT2D eigenvalue weighted by atomic mass is 16.6. The third-order valence-electron chi connectivity index (χ3n) is 3.36. The molecule has 1 aliphatic carbocycles. The lowest BCUT2D eigenvalue weighted by atomic mass is 9.90. The van der Waals surface area contributed by atoms with Gasteiger partial charge in [0.2, 0.25) is 0 Å². The van der Waals surface area contributed by atoms with Crippen LogP contribution < -0.4 is 0 Å². The van der Waals surface area contributed by atoms with Gasteiger partial charge in [-0.25, -0.2) is 4.79 Å². The molecule has 4 nitrogen and oxygen atoms in total. The minimum atomic E-state index is -0.384. The van der Waals surface area contributed by atoms with Crippen LogP contribution in [0.15, 0.2) is 25.3 Å². The Morgan fingerprint density at radius 1 is 1.33 bits per heavy atom. The lowest BCUT2D eigenvalue weighted by Gasteiger charge is -2.12. The zero-order valence-corrected chi connectivity index (χ0v) is 10.5. The van der Waals surface area contributed by atoms with Crippen LogP contribution in [0.5, 0.6) is 0 Å². The number of hydrogen-bond acceptors (Lipinski definition) is 4. The molecule has 4 atom stereocenters. The Labute approximate surface area is 108 Å². The van der Waals surface area contributed by atoms with Gasteiger partial charge < -0.3 is 14.2 Å². The zero-order chi connectivity index (χ0) is 13.0. The molecule has 3 rings (SSSR count). The van der Waals surface area contributed by atoms with E-state index in [-0.39, 0.29) is 12.1 Å². The molecule has 0 aromatic rings. The predicted molar refractivity (Wildman–Crippen MR) is 67.1 cm³/mol. The molecule has 0 radical (unpaired) electrons. The number of fused-ring (bicyclic) bond motifs is 1. The quantitative estimate of drug-likeness (QED) is 0.331. The predicted octanol–water partition coefficient (Wildman–Crippen LogP) is 1.85. The first-order valence-corrected chi connectivity index (χ1v) is 6.41. The second kappa shape index (κ2) is 6.16. The lowest BCUT2D eigenvalue weighted by Crippen LogP contribution is -2.10. The Morgan fingerprint density at radius 3 is 2.67 bits per heavy atom. The summed E-state index contributed by atoms with van der Waals surface area (Å²) in [6, 6.07) is 0. The number of epoxide rings is 2. The van der Waals surface area contributed by atoms with Gasteiger partial charge in [0, 0.05) is 6.08 Å². The summed E-state index contributed by atoms with van der Waals surface area (Å²) in [5.41, 5.74) is 0. The largest absolute Gasteiger partial charge is 0.460 e. The number of carbonyl (C=O) groups excluding carboxylic acids is 1. The van der Waals surface area contributed by atoms with E-state index in [1.165, 1.54) is 19.3 Å². The molecule has 100 valence electrons. The van der Waals surface area contributed by atoms with Gasteiger partial charge in [0.1, 0.15) is 12.7 Å². The van der Waals surface area contributed by atoms with E-state index < -0.39 is 0 Å². The van der Waals surface area contributed by atoms with Crippen LogP contribution in [0.1, 0.15) is 19.3 Å². The summed E-state index contributed by atoms with van der Waals surface area (Å²) in [7, 11) is 0. The van der Waals surface area contributed by atoms with Crippen LogP contribution in [0, 0.1) is 5.92 Å². The van der Waals surface area contributed by atoms with Crippen molar-refractivity contribution in [2.45, 2.75) is 37.6 Å². The van der Waals surface area contributed by atoms with Crippen LogP contribution in [0.3, 0.4) is 0 Å². The van der Waals surface area contributed by atoms with Crippen LogP contribution in [0.25, 0.3) is 0 Å². The van der Waals surface area contributed by atoms with Crippen molar-refractivity contribution in [1.29, 1.82) is 0 Å². The van der Waals surface area contributed by atoms with Crippen molar-refractivity contribution in [1.82, 2.24) is 0 Å². The molecule has 0 aromatic carbocycles. The Bertz CT molecular complexity index is 322. The maximum atomic E-state index is 10.3. The van der Waals surface area contributed by atoms with Gasteiger partial charge in [0.15, 0.2) is 0 Å². The van der Waals surface area contributed by atoms with Crippen LogP contribution in [0.2, 0.25) is 0 Å². The Hall–Kier alpha value is -1.13. The van der Waals surface area contributed by atoms with Crippen molar-refractivity contribution in [2.24, 2.45) is 5.92 Å². The highest BCUT2D eigenvalue weighted by Gasteiger charge is 2.42. The highest BCUT2D eigenvalue weighted by molar-refractivity contribution is 5.81. The second-order valence-corrected chi connectivity index (χ2v) is 4.81. The molecular weight excluding hydrogens is 232 g/mol. The molecule has 2 aliphatic heterocycles. The van der Waals surface area contributed by atoms with Gasteiger partial charge >= 0.3 is 5.97 Å². The van der Waals surface area contributed by atoms with Gasteiger partial charge in [-0.2, -0.15) is 0 Å². The molecule has 3 aliphatic rings. The fourth-order valence-corrected chi connectivity index (χ4v) is 2.05. The van der Waals surface area contributed by atoms with Crippen molar-refractivity contribution in [2.75, 3.05) is 13.2 Å². The van der Waals surface area contributed by atoms with E-state index >= 15 is 0 Å². The van der Waals surface area contributed by atoms with Gasteiger partial charge in [0.05, 0.1) is 18.8 Å². The number of esters is 1. The summed E-state index contributed by atoms with van der Waals surface area (Å²) in [4.78, 5) is 10.3. The first kappa shape index (κ1) is 13.3. The van der Waals surface area contributed by atoms with Crippen LogP contribution in [0.4, 0.5) is 0 Å². The number of hydrogen-bond donors (Lipinski definition) is 0. The summed E-state index contributed by atoms with van der Waals surface area (Å²) in [5, 5.41) is 0. The van der Waals surface area contributed by atoms with E-state index in [4.69, 9.17) is 9.47 Å². The maximum Gasteiger partial charge on any atom is 0.330 e. The molecule has 0 amide bonds. The standard InChI is InChI=1S/C8H12O.C6H8O3/c1-2-6-3-4-7-8(5-6)9-7;1-2-6(7)9-4-5-3-8-5/h2,6-8H,1,3-5H2;2,5H,1,3-4H2. The third kappa shape index (κ3) is 4.27. The number of allylic oxidation sites excluding steroid dienone is 1. The maximum absolute atomic E-state index is 10.3. The summed E-state index contributed by atoms with van der Waals surface area (Å²) in [5.74, 6) is 0.360. The molecule has 2 saturated heterocycles. The van der Waals surface area contributed by atoms with E-state index in [1.807, 2.05) is 0 Å². The van der Waals surface area contributed by atoms with Crippen molar-refractivity contribution < 1.29 is 19.0 Å². The number of ether oxygens (including phenoxy) is 3. The van der Waals surface area contributed by atoms with Crippen LogP contribution in [-0.4, -0.2) is 37.5 Å². The van der Waals surface area contributed by atoms with E-state index in [0.717, 1.165) is 12.0 Å². The van der Waals surface area contributed by atoms with Crippen molar-refractivity contribution in [3.63, 3.8) is 0 Å². The first-order chi connectivity index (χ1) is 8.72. The topological polar surface area (TPSA) is 51.4 Å². The second-order valence-electron chi connectivity index (χ2n) is 4.81. The summed E-state index contributed by atoms with van der Waals surface area (Å²) in [6.45, 7) is 8.10. The summed E-state index contributed by atoms with van der Waals surface area (Å²) >= 11 is 0. The van der Waals surface area contributed by atoms with Crippen LogP contribution in [-0.2, 0) is 19.0 Å². The fourth-order valence-electron chi connectivity index (χ4n) is 2.05. The minimum Gasteiger partial charge on any atom is -0.460 e. The molecule has 2 heterocycles. The molecule has 18 heavy (non-hydrogen) atoms. The Morgan fingerprint density at radius 2 is 2.11 bits per heavy atom. The zero-order valence-electron chi connectivity index (χ0n) is 10.5. The SMILES string of the molecule is C=CC(=O)OCC1CO1.C=CC1CCC2OC2C1. The Kier molecular flexibility index (Phi) is 4.55. The van der Waals surface area contributed by atoms with Gasteiger partial charge in [-0.1, -0.05) is 12.7 Å². The number of rotatable bonds is 4. The average Bonchev–Trinajstić information content (AvgIpc) is 3.29. The van der Waals surface area contributed by atoms with Crippen molar-refractivity contribution in [3.05, 3.63) is 25.3 Å². The molecule has 0 spiro atoms. The summed E-state index contributed by atoms with van der Waals surface area (Å²) < 4.78 is 14.8. The molecule has 1 saturated carbocycles. The normalized spacial score (nSPS) is 35.3. The molecule has 0 bridgehead atoms. The molecule has 3 fully saturated rings. The van der Waals surface area contributed by atoms with Crippen molar-refractivity contribution >= 4 is 5.97 Å². The van der Waals surface area contributed by atoms with Crippen molar-refractivity contribution in [3.8, 4) is 0 Å². The first-order valence-electron chi connectivity index (χ1n) is 6.41. The van der Waals surface area contributed by atoms with Gasteiger partial charge in [0.25, 0.3) is 0 Å². The van der Waals surface area contributed by atoms with Crippen LogP contribution >= 0.6 is 0 Å². The Balaban J connectivity index is 0.000000134. The molecule has 0 N–H and O–H groups in total. The van der Waals surface area contributed by atoms with E-state index in [1.54, 1.807) is 0 Å². The molecule has 4 heteroatoms. The minimum absolute atomic E-state index is 0.147. The number of carbonyl (C=O) groups is 1. The van der Waals surface area contributed by atoms with Gasteiger partial charge in [-0.15, -0.1) is 6.58 Å². The van der Waals surface area contributed by atoms with Gasteiger partial charge in [-0.05, 0) is 25.2 Å². The van der Waals surface area contributed by atoms with E-state index in [2.05, 4.69) is 24.0 Å². The fraction of sp³-hybridized carbons (Fsp3) is 0.643. The average molecular weight is 252 g/mol. The van der Waals surface area contributed by atoms with Gasteiger partial charge in [-0.3, -0.25) is 0 Å².